The number of rotatable bonds is 4. The zero-order valence-corrected chi connectivity index (χ0v) is 16.6. The minimum Gasteiger partial charge on any atom is -0.330 e. The zero-order valence-electron chi connectivity index (χ0n) is 15.8. The quantitative estimate of drug-likeness (QED) is 0.500. The van der Waals surface area contributed by atoms with Gasteiger partial charge in [0.1, 0.15) is 12.5 Å². The molecule has 5 rings (SSSR count). The Balaban J connectivity index is 1.63. The fourth-order valence-electron chi connectivity index (χ4n) is 3.50. The molecule has 150 valence electrons. The maximum atomic E-state index is 13.4. The first-order chi connectivity index (χ1) is 14.5. The van der Waals surface area contributed by atoms with Crippen LogP contribution in [-0.4, -0.2) is 25.1 Å². The average molecular weight is 420 g/mol. The summed E-state index contributed by atoms with van der Waals surface area (Å²) < 4.78 is 41.3. The van der Waals surface area contributed by atoms with E-state index in [1.54, 1.807) is 6.07 Å². The van der Waals surface area contributed by atoms with E-state index in [2.05, 4.69) is 4.98 Å². The zero-order chi connectivity index (χ0) is 20.7. The van der Waals surface area contributed by atoms with Crippen LogP contribution in [0, 0.1) is 5.82 Å². The van der Waals surface area contributed by atoms with E-state index in [1.807, 2.05) is 53.4 Å². The Labute approximate surface area is 173 Å². The predicted molar refractivity (Wildman–Crippen MR) is 113 cm³/mol. The number of halogens is 1. The van der Waals surface area contributed by atoms with Crippen LogP contribution >= 0.6 is 0 Å². The highest BCUT2D eigenvalue weighted by atomic mass is 32.2. The van der Waals surface area contributed by atoms with Gasteiger partial charge in [-0.05, 0) is 42.0 Å². The first-order valence-electron chi connectivity index (χ1n) is 9.36. The monoisotopic (exact) mass is 420 g/mol. The molecule has 0 saturated heterocycles. The summed E-state index contributed by atoms with van der Waals surface area (Å²) in [6, 6.07) is 21.9. The molecule has 2 heterocycles. The van der Waals surface area contributed by atoms with Gasteiger partial charge in [0.05, 0.1) is 15.9 Å². The molecular weight excluding hydrogens is 403 g/mol. The number of para-hydroxylation sites is 2. The summed E-state index contributed by atoms with van der Waals surface area (Å²) in [7, 11) is -3.94. The van der Waals surface area contributed by atoms with Crippen LogP contribution < -0.4 is 9.21 Å². The van der Waals surface area contributed by atoms with E-state index in [0.29, 0.717) is 23.4 Å². The molecule has 3 aromatic carbocycles. The van der Waals surface area contributed by atoms with Crippen LogP contribution in [0.1, 0.15) is 5.56 Å². The third-order valence-corrected chi connectivity index (χ3v) is 6.72. The highest BCUT2D eigenvalue weighted by Gasteiger charge is 2.38. The second-order valence-corrected chi connectivity index (χ2v) is 8.85. The molecule has 0 spiro atoms. The van der Waals surface area contributed by atoms with Crippen LogP contribution in [0.5, 0.6) is 0 Å². The van der Waals surface area contributed by atoms with E-state index >= 15 is 0 Å². The van der Waals surface area contributed by atoms with Crippen molar-refractivity contribution in [1.82, 2.24) is 9.97 Å². The Hall–Kier alpha value is -3.52. The maximum Gasteiger partial charge on any atom is 0.267 e. The summed E-state index contributed by atoms with van der Waals surface area (Å²) in [4.78, 5) is 11.2. The van der Waals surface area contributed by atoms with E-state index in [-0.39, 0.29) is 17.4 Å². The van der Waals surface area contributed by atoms with E-state index in [9.17, 15) is 12.8 Å². The minimum atomic E-state index is -3.94. The lowest BCUT2D eigenvalue weighted by Crippen LogP contribution is -2.35. The lowest BCUT2D eigenvalue weighted by atomic mass is 10.2. The van der Waals surface area contributed by atoms with Gasteiger partial charge in [-0.3, -0.25) is 0 Å². The first-order valence-corrected chi connectivity index (χ1v) is 10.8. The molecule has 0 atom stereocenters. The highest BCUT2D eigenvalue weighted by Crippen LogP contribution is 2.38. The van der Waals surface area contributed by atoms with E-state index in [0.717, 1.165) is 17.7 Å². The van der Waals surface area contributed by atoms with Gasteiger partial charge in [-0.15, -0.1) is 0 Å². The van der Waals surface area contributed by atoms with Gasteiger partial charge in [-0.1, -0.05) is 42.5 Å². The first kappa shape index (κ1) is 18.5. The molecule has 1 aromatic heterocycles. The standard InChI is InChI=1S/C22H17FN4O2S/c23-17-10-12-18(13-11-17)30(28,29)27-15-26(14-16-6-2-1-3-7-16)21-22(27)25-20-9-5-4-8-19(20)24-21/h1-13H,14-15H2. The fourth-order valence-corrected chi connectivity index (χ4v) is 4.88. The molecule has 0 bridgehead atoms. The normalized spacial score (nSPS) is 13.6. The predicted octanol–water partition coefficient (Wildman–Crippen LogP) is 3.94. The average Bonchev–Trinajstić information content (AvgIpc) is 3.11. The van der Waals surface area contributed by atoms with Crippen molar-refractivity contribution in [3.63, 3.8) is 0 Å². The maximum absolute atomic E-state index is 13.4. The molecule has 0 fully saturated rings. The molecule has 4 aromatic rings. The smallest absolute Gasteiger partial charge is 0.267 e. The van der Waals surface area contributed by atoms with Crippen LogP contribution in [0.25, 0.3) is 11.0 Å². The number of hydrogen-bond acceptors (Lipinski definition) is 5. The second kappa shape index (κ2) is 7.07. The van der Waals surface area contributed by atoms with Crippen LogP contribution in [0.4, 0.5) is 16.0 Å². The summed E-state index contributed by atoms with van der Waals surface area (Å²) in [5, 5.41) is 0. The number of aromatic nitrogens is 2. The summed E-state index contributed by atoms with van der Waals surface area (Å²) >= 11 is 0. The number of fused-ring (bicyclic) bond motifs is 2. The summed E-state index contributed by atoms with van der Waals surface area (Å²) in [6.45, 7) is 0.552. The van der Waals surface area contributed by atoms with Crippen molar-refractivity contribution < 1.29 is 12.8 Å². The molecule has 0 radical (unpaired) electrons. The fraction of sp³-hybridized carbons (Fsp3) is 0.0909. The molecule has 30 heavy (non-hydrogen) atoms. The SMILES string of the molecule is O=S(=O)(c1ccc(F)cc1)N1CN(Cc2ccccc2)c2nc3ccccc3nc21. The third-order valence-electron chi connectivity index (χ3n) is 4.99. The molecular formula is C22H17FN4O2S. The molecule has 8 heteroatoms. The summed E-state index contributed by atoms with van der Waals surface area (Å²) in [6.07, 6.45) is 0. The lowest BCUT2D eigenvalue weighted by molar-refractivity contribution is 0.589. The highest BCUT2D eigenvalue weighted by molar-refractivity contribution is 7.92. The van der Waals surface area contributed by atoms with Crippen molar-refractivity contribution >= 4 is 32.7 Å². The Morgan fingerprint density at radius 1 is 0.800 bits per heavy atom. The lowest BCUT2D eigenvalue weighted by Gasteiger charge is -2.20. The largest absolute Gasteiger partial charge is 0.330 e. The molecule has 1 aliphatic rings. The van der Waals surface area contributed by atoms with Crippen LogP contribution in [-0.2, 0) is 16.6 Å². The van der Waals surface area contributed by atoms with Gasteiger partial charge in [-0.25, -0.2) is 27.1 Å². The van der Waals surface area contributed by atoms with Crippen molar-refractivity contribution in [2.45, 2.75) is 11.4 Å². The van der Waals surface area contributed by atoms with Crippen molar-refractivity contribution in [2.24, 2.45) is 0 Å². The van der Waals surface area contributed by atoms with Gasteiger partial charge in [-0.2, -0.15) is 0 Å². The van der Waals surface area contributed by atoms with E-state index < -0.39 is 15.8 Å². The Morgan fingerprint density at radius 3 is 2.07 bits per heavy atom. The molecule has 0 amide bonds. The van der Waals surface area contributed by atoms with Crippen LogP contribution in [0.15, 0.2) is 83.8 Å². The summed E-state index contributed by atoms with van der Waals surface area (Å²) in [5.41, 5.74) is 2.33. The topological polar surface area (TPSA) is 66.4 Å². The number of nitrogens with zero attached hydrogens (tertiary/aromatic N) is 4. The van der Waals surface area contributed by atoms with Crippen molar-refractivity contribution in [3.05, 3.63) is 90.2 Å². The summed E-state index contributed by atoms with van der Waals surface area (Å²) in [5.74, 6) is 0.282. The van der Waals surface area contributed by atoms with Crippen molar-refractivity contribution in [3.8, 4) is 0 Å². The van der Waals surface area contributed by atoms with Gasteiger partial charge in [0.2, 0.25) is 0 Å². The van der Waals surface area contributed by atoms with Crippen LogP contribution in [0.3, 0.4) is 0 Å². The minimum absolute atomic E-state index is 0.00590. The molecule has 0 N–H and O–H groups in total. The molecule has 0 unspecified atom stereocenters. The Bertz CT molecular complexity index is 1330. The Kier molecular flexibility index (Phi) is 4.36. The van der Waals surface area contributed by atoms with Crippen molar-refractivity contribution in [1.29, 1.82) is 0 Å². The number of hydrogen-bond donors (Lipinski definition) is 0. The van der Waals surface area contributed by atoms with Crippen molar-refractivity contribution in [2.75, 3.05) is 15.9 Å². The van der Waals surface area contributed by atoms with Gasteiger partial charge in [0.15, 0.2) is 11.6 Å². The Morgan fingerprint density at radius 2 is 1.40 bits per heavy atom. The van der Waals surface area contributed by atoms with Gasteiger partial charge in [0.25, 0.3) is 10.0 Å². The van der Waals surface area contributed by atoms with Gasteiger partial charge in [0, 0.05) is 6.54 Å². The molecule has 0 aliphatic carbocycles. The third kappa shape index (κ3) is 3.15. The van der Waals surface area contributed by atoms with Crippen LogP contribution in [0.2, 0.25) is 0 Å². The van der Waals surface area contributed by atoms with E-state index in [4.69, 9.17) is 4.98 Å². The van der Waals surface area contributed by atoms with Gasteiger partial charge < -0.3 is 4.90 Å². The number of benzene rings is 3. The molecule has 0 saturated carbocycles. The van der Waals surface area contributed by atoms with E-state index in [1.165, 1.54) is 16.4 Å². The molecule has 1 aliphatic heterocycles. The number of sulfonamides is 1. The second-order valence-electron chi connectivity index (χ2n) is 6.99. The number of anilines is 2. The van der Waals surface area contributed by atoms with Gasteiger partial charge >= 0.3 is 0 Å². The molecule has 6 nitrogen and oxygen atoms in total.